The summed E-state index contributed by atoms with van der Waals surface area (Å²) in [5, 5.41) is 21.8. The van der Waals surface area contributed by atoms with Gasteiger partial charge in [0.2, 0.25) is 0 Å². The van der Waals surface area contributed by atoms with Crippen molar-refractivity contribution in [3.8, 4) is 0 Å². The number of carbonyl (C=O) groups is 1. The zero-order valence-electron chi connectivity index (χ0n) is 14.6. The second-order valence-corrected chi connectivity index (χ2v) is 7.50. The van der Waals surface area contributed by atoms with Gasteiger partial charge in [-0.05, 0) is 37.0 Å². The molecule has 0 radical (unpaired) electrons. The average molecular weight is 350 g/mol. The van der Waals surface area contributed by atoms with Gasteiger partial charge in [-0.25, -0.2) is 4.79 Å². The van der Waals surface area contributed by atoms with Crippen LogP contribution in [-0.4, -0.2) is 21.9 Å². The number of hydrogen-bond acceptors (Lipinski definition) is 6. The number of nitro groups is 2. The number of carbonyl (C=O) groups excluding carboxylic acids is 1. The quantitative estimate of drug-likeness (QED) is 0.455. The van der Waals surface area contributed by atoms with Crippen molar-refractivity contribution in [2.24, 2.45) is 11.3 Å². The molecule has 0 unspecified atom stereocenters. The van der Waals surface area contributed by atoms with Gasteiger partial charge in [0, 0.05) is 12.1 Å². The number of benzene rings is 1. The van der Waals surface area contributed by atoms with Gasteiger partial charge < -0.3 is 4.74 Å². The predicted molar refractivity (Wildman–Crippen MR) is 90.4 cm³/mol. The average Bonchev–Trinajstić information content (AvgIpc) is 2.53. The van der Waals surface area contributed by atoms with Crippen LogP contribution in [0.15, 0.2) is 18.2 Å². The molecule has 0 aliphatic heterocycles. The summed E-state index contributed by atoms with van der Waals surface area (Å²) < 4.78 is 5.42. The van der Waals surface area contributed by atoms with Gasteiger partial charge in [0.15, 0.2) is 0 Å². The number of esters is 1. The maximum atomic E-state index is 12.3. The molecule has 136 valence electrons. The molecule has 0 bridgehead atoms. The van der Waals surface area contributed by atoms with E-state index in [2.05, 4.69) is 20.8 Å². The first-order chi connectivity index (χ1) is 11.6. The summed E-state index contributed by atoms with van der Waals surface area (Å²) in [6.45, 7) is 6.56. The third-order valence-corrected chi connectivity index (χ3v) is 4.73. The zero-order valence-corrected chi connectivity index (χ0v) is 14.6. The predicted octanol–water partition coefficient (Wildman–Crippen LogP) is 4.26. The Morgan fingerprint density at radius 1 is 1.00 bits per heavy atom. The van der Waals surface area contributed by atoms with Crippen LogP contribution in [0.4, 0.5) is 11.4 Å². The lowest BCUT2D eigenvalue weighted by molar-refractivity contribution is -0.394. The van der Waals surface area contributed by atoms with Gasteiger partial charge in [-0.2, -0.15) is 0 Å². The van der Waals surface area contributed by atoms with E-state index in [4.69, 9.17) is 4.74 Å². The van der Waals surface area contributed by atoms with Gasteiger partial charge in [0.25, 0.3) is 11.4 Å². The topological polar surface area (TPSA) is 113 Å². The number of rotatable bonds is 4. The molecule has 1 saturated carbocycles. The molecule has 8 heteroatoms. The minimum atomic E-state index is -0.766. The standard InChI is InChI=1S/C17H22N2O6/c1-17(2,3)12-4-6-15(7-5-12)25-16(20)11-8-13(18(21)22)10-14(9-11)19(23)24/h8-10,12,15H,4-7H2,1-3H3. The second kappa shape index (κ2) is 7.16. The highest BCUT2D eigenvalue weighted by Gasteiger charge is 2.31. The first-order valence-corrected chi connectivity index (χ1v) is 8.23. The van der Waals surface area contributed by atoms with Crippen LogP contribution in [0, 0.1) is 31.6 Å². The maximum absolute atomic E-state index is 12.3. The molecule has 0 saturated heterocycles. The van der Waals surface area contributed by atoms with Gasteiger partial charge in [-0.3, -0.25) is 20.2 Å². The van der Waals surface area contributed by atoms with Gasteiger partial charge in [-0.1, -0.05) is 20.8 Å². The van der Waals surface area contributed by atoms with E-state index in [9.17, 15) is 25.0 Å². The highest BCUT2D eigenvalue weighted by Crippen LogP contribution is 2.38. The molecule has 1 aromatic rings. The van der Waals surface area contributed by atoms with Crippen molar-refractivity contribution in [2.75, 3.05) is 0 Å². The molecular formula is C17H22N2O6. The van der Waals surface area contributed by atoms with E-state index in [1.54, 1.807) is 0 Å². The summed E-state index contributed by atoms with van der Waals surface area (Å²) in [6, 6.07) is 2.84. The molecule has 1 fully saturated rings. The van der Waals surface area contributed by atoms with Crippen molar-refractivity contribution in [2.45, 2.75) is 52.6 Å². The van der Waals surface area contributed by atoms with Crippen molar-refractivity contribution in [1.29, 1.82) is 0 Å². The smallest absolute Gasteiger partial charge is 0.338 e. The highest BCUT2D eigenvalue weighted by atomic mass is 16.6. The van der Waals surface area contributed by atoms with Crippen LogP contribution >= 0.6 is 0 Å². The Hall–Kier alpha value is -2.51. The first kappa shape index (κ1) is 18.8. The lowest BCUT2D eigenvalue weighted by Crippen LogP contribution is -2.30. The molecule has 0 atom stereocenters. The van der Waals surface area contributed by atoms with Gasteiger partial charge in [-0.15, -0.1) is 0 Å². The van der Waals surface area contributed by atoms with E-state index in [-0.39, 0.29) is 17.1 Å². The molecule has 0 aromatic heterocycles. The molecule has 1 aromatic carbocycles. The monoisotopic (exact) mass is 350 g/mol. The third kappa shape index (κ3) is 4.74. The summed E-state index contributed by atoms with van der Waals surface area (Å²) in [5.74, 6) is -0.202. The highest BCUT2D eigenvalue weighted by molar-refractivity contribution is 5.91. The van der Waals surface area contributed by atoms with Crippen molar-refractivity contribution in [1.82, 2.24) is 0 Å². The molecule has 1 aliphatic rings. The van der Waals surface area contributed by atoms with E-state index in [0.717, 1.165) is 43.9 Å². The normalized spacial score (nSPS) is 20.8. The third-order valence-electron chi connectivity index (χ3n) is 4.73. The largest absolute Gasteiger partial charge is 0.459 e. The second-order valence-electron chi connectivity index (χ2n) is 7.50. The van der Waals surface area contributed by atoms with Crippen LogP contribution in [0.2, 0.25) is 0 Å². The van der Waals surface area contributed by atoms with Crippen molar-refractivity contribution < 1.29 is 19.4 Å². The van der Waals surface area contributed by atoms with Crippen LogP contribution in [-0.2, 0) is 4.74 Å². The van der Waals surface area contributed by atoms with Crippen LogP contribution in [0.1, 0.15) is 56.8 Å². The number of ether oxygens (including phenoxy) is 1. The van der Waals surface area contributed by atoms with Crippen LogP contribution in [0.25, 0.3) is 0 Å². The summed E-state index contributed by atoms with van der Waals surface area (Å²) in [7, 11) is 0. The summed E-state index contributed by atoms with van der Waals surface area (Å²) in [5.41, 5.74) is -0.968. The lowest BCUT2D eigenvalue weighted by Gasteiger charge is -2.36. The zero-order chi connectivity index (χ0) is 18.8. The number of hydrogen-bond donors (Lipinski definition) is 0. The molecule has 1 aliphatic carbocycles. The fraction of sp³-hybridized carbons (Fsp3) is 0.588. The van der Waals surface area contributed by atoms with Crippen molar-refractivity contribution in [3.63, 3.8) is 0 Å². The first-order valence-electron chi connectivity index (χ1n) is 8.23. The molecule has 0 heterocycles. The summed E-state index contributed by atoms with van der Waals surface area (Å²) >= 11 is 0. The summed E-state index contributed by atoms with van der Waals surface area (Å²) in [4.78, 5) is 32.5. The van der Waals surface area contributed by atoms with Crippen LogP contribution in [0.5, 0.6) is 0 Å². The minimum absolute atomic E-state index is 0.168. The van der Waals surface area contributed by atoms with Gasteiger partial charge in [0.05, 0.1) is 21.5 Å². The number of non-ortho nitro benzene ring substituents is 2. The Bertz CT molecular complexity index is 655. The lowest BCUT2D eigenvalue weighted by atomic mass is 9.72. The van der Waals surface area contributed by atoms with E-state index in [0.29, 0.717) is 5.92 Å². The molecule has 8 nitrogen and oxygen atoms in total. The Kier molecular flexibility index (Phi) is 5.39. The SMILES string of the molecule is CC(C)(C)C1CCC(OC(=O)c2cc([N+](=O)[O-])cc([N+](=O)[O-])c2)CC1. The Morgan fingerprint density at radius 3 is 1.88 bits per heavy atom. The van der Waals surface area contributed by atoms with E-state index in [1.807, 2.05) is 0 Å². The Balaban J connectivity index is 2.09. The molecule has 0 amide bonds. The Labute approximate surface area is 145 Å². The van der Waals surface area contributed by atoms with E-state index < -0.39 is 27.2 Å². The van der Waals surface area contributed by atoms with Crippen molar-refractivity contribution in [3.05, 3.63) is 44.0 Å². The molecule has 25 heavy (non-hydrogen) atoms. The fourth-order valence-electron chi connectivity index (χ4n) is 3.19. The number of nitro benzene ring substituents is 2. The Morgan fingerprint density at radius 2 is 1.48 bits per heavy atom. The van der Waals surface area contributed by atoms with E-state index >= 15 is 0 Å². The fourth-order valence-corrected chi connectivity index (χ4v) is 3.19. The molecule has 2 rings (SSSR count). The van der Waals surface area contributed by atoms with Gasteiger partial charge >= 0.3 is 5.97 Å². The maximum Gasteiger partial charge on any atom is 0.338 e. The minimum Gasteiger partial charge on any atom is -0.459 e. The van der Waals surface area contributed by atoms with Crippen LogP contribution in [0.3, 0.4) is 0 Å². The summed E-state index contributed by atoms with van der Waals surface area (Å²) in [6.07, 6.45) is 3.08. The van der Waals surface area contributed by atoms with Gasteiger partial charge in [0.1, 0.15) is 6.10 Å². The van der Waals surface area contributed by atoms with Crippen molar-refractivity contribution >= 4 is 17.3 Å². The van der Waals surface area contributed by atoms with Crippen LogP contribution < -0.4 is 0 Å². The molecule has 0 spiro atoms. The van der Waals surface area contributed by atoms with E-state index in [1.165, 1.54) is 0 Å². The number of nitrogens with zero attached hydrogens (tertiary/aromatic N) is 2. The molecule has 0 N–H and O–H groups in total. The molecular weight excluding hydrogens is 328 g/mol.